The van der Waals surface area contributed by atoms with Crippen molar-refractivity contribution in [3.05, 3.63) is 48.0 Å². The van der Waals surface area contributed by atoms with Crippen LogP contribution >= 0.6 is 0 Å². The molecule has 0 aliphatic carbocycles. The molecule has 4 nitrogen and oxygen atoms in total. The van der Waals surface area contributed by atoms with Crippen molar-refractivity contribution in [3.8, 4) is 5.75 Å². The lowest BCUT2D eigenvalue weighted by atomic mass is 10.2. The Labute approximate surface area is 107 Å². The molecule has 1 aromatic carbocycles. The fraction of sp³-hybridized carbons (Fsp3) is 0.357. The Morgan fingerprint density at radius 3 is 2.67 bits per heavy atom. The molecule has 2 rings (SSSR count). The number of hydrogen-bond donors (Lipinski definition) is 1. The first-order valence-electron chi connectivity index (χ1n) is 6.10. The lowest BCUT2D eigenvalue weighted by molar-refractivity contribution is 0.280. The van der Waals surface area contributed by atoms with E-state index in [-0.39, 0.29) is 6.61 Å². The molecule has 1 aromatic heterocycles. The average Bonchev–Trinajstić information content (AvgIpc) is 2.81. The number of aliphatic hydroxyl groups is 1. The van der Waals surface area contributed by atoms with Gasteiger partial charge in [-0.1, -0.05) is 12.1 Å². The molecule has 0 aliphatic heterocycles. The van der Waals surface area contributed by atoms with E-state index in [1.807, 2.05) is 43.6 Å². The van der Waals surface area contributed by atoms with E-state index >= 15 is 0 Å². The van der Waals surface area contributed by atoms with Gasteiger partial charge in [0, 0.05) is 18.9 Å². The number of hydrogen-bond acceptors (Lipinski definition) is 3. The summed E-state index contributed by atoms with van der Waals surface area (Å²) in [5, 5.41) is 8.92. The van der Waals surface area contributed by atoms with Crippen LogP contribution in [0.4, 0.5) is 0 Å². The molecule has 0 saturated carbocycles. The lowest BCUT2D eigenvalue weighted by Crippen LogP contribution is -2.05. The largest absolute Gasteiger partial charge is 0.494 e. The molecule has 0 unspecified atom stereocenters. The Morgan fingerprint density at radius 2 is 2.06 bits per heavy atom. The third-order valence-electron chi connectivity index (χ3n) is 2.84. The highest BCUT2D eigenvalue weighted by Gasteiger charge is 1.98. The molecule has 0 amide bonds. The van der Waals surface area contributed by atoms with Crippen LogP contribution < -0.4 is 4.74 Å². The van der Waals surface area contributed by atoms with E-state index in [2.05, 4.69) is 9.55 Å². The summed E-state index contributed by atoms with van der Waals surface area (Å²) in [6, 6.07) is 7.51. The number of nitrogens with zero attached hydrogens (tertiary/aromatic N) is 2. The van der Waals surface area contributed by atoms with E-state index in [1.165, 1.54) is 0 Å². The van der Waals surface area contributed by atoms with E-state index in [1.54, 1.807) is 0 Å². The van der Waals surface area contributed by atoms with Gasteiger partial charge in [0.2, 0.25) is 0 Å². The number of aromatic nitrogens is 2. The Hall–Kier alpha value is -1.81. The van der Waals surface area contributed by atoms with Gasteiger partial charge < -0.3 is 14.4 Å². The summed E-state index contributed by atoms with van der Waals surface area (Å²) in [6.07, 6.45) is 4.73. The van der Waals surface area contributed by atoms with Crippen LogP contribution in [0.2, 0.25) is 0 Å². The van der Waals surface area contributed by atoms with Crippen LogP contribution in [-0.2, 0) is 13.2 Å². The van der Waals surface area contributed by atoms with Gasteiger partial charge in [0.05, 0.1) is 13.2 Å². The molecule has 0 bridgehead atoms. The molecule has 18 heavy (non-hydrogen) atoms. The third-order valence-corrected chi connectivity index (χ3v) is 2.84. The topological polar surface area (TPSA) is 47.3 Å². The van der Waals surface area contributed by atoms with Crippen molar-refractivity contribution in [2.24, 2.45) is 0 Å². The number of benzene rings is 1. The highest BCUT2D eigenvalue weighted by molar-refractivity contribution is 5.26. The maximum atomic E-state index is 8.92. The minimum Gasteiger partial charge on any atom is -0.494 e. The van der Waals surface area contributed by atoms with Gasteiger partial charge in [-0.25, -0.2) is 4.98 Å². The van der Waals surface area contributed by atoms with Gasteiger partial charge in [-0.05, 0) is 31.0 Å². The fourth-order valence-corrected chi connectivity index (χ4v) is 1.76. The minimum absolute atomic E-state index is 0.0696. The molecular weight excluding hydrogens is 228 g/mol. The number of aliphatic hydroxyl groups excluding tert-OH is 1. The van der Waals surface area contributed by atoms with Crippen LogP contribution in [0.25, 0.3) is 0 Å². The van der Waals surface area contributed by atoms with Gasteiger partial charge in [-0.2, -0.15) is 0 Å². The van der Waals surface area contributed by atoms with Crippen molar-refractivity contribution in [3.63, 3.8) is 0 Å². The first kappa shape index (κ1) is 12.6. The normalized spacial score (nSPS) is 10.6. The average molecular weight is 246 g/mol. The molecule has 1 N–H and O–H groups in total. The van der Waals surface area contributed by atoms with Crippen molar-refractivity contribution in [1.82, 2.24) is 9.55 Å². The minimum atomic E-state index is 0.0696. The number of aryl methyl sites for hydroxylation is 2. The first-order valence-corrected chi connectivity index (χ1v) is 6.10. The van der Waals surface area contributed by atoms with Crippen LogP contribution in [0.3, 0.4) is 0 Å². The monoisotopic (exact) mass is 246 g/mol. The maximum absolute atomic E-state index is 8.92. The van der Waals surface area contributed by atoms with Crippen LogP contribution in [0.15, 0.2) is 36.7 Å². The number of imidazole rings is 1. The molecule has 0 saturated heterocycles. The third kappa shape index (κ3) is 3.34. The van der Waals surface area contributed by atoms with E-state index in [0.29, 0.717) is 6.61 Å². The fourth-order valence-electron chi connectivity index (χ4n) is 1.76. The Bertz CT molecular complexity index is 477. The summed E-state index contributed by atoms with van der Waals surface area (Å²) in [4.78, 5) is 4.17. The van der Waals surface area contributed by atoms with Gasteiger partial charge in [-0.3, -0.25) is 0 Å². The standard InChI is InChI=1S/C14H18N2O2/c1-12-15-7-9-16(12)8-2-10-18-14-5-3-13(11-17)4-6-14/h3-7,9,17H,2,8,10-11H2,1H3. The Kier molecular flexibility index (Phi) is 4.36. The predicted octanol–water partition coefficient (Wildman–Crippen LogP) is 2.15. The van der Waals surface area contributed by atoms with Crippen LogP contribution in [-0.4, -0.2) is 21.3 Å². The SMILES string of the molecule is Cc1nccn1CCCOc1ccc(CO)cc1. The number of ether oxygens (including phenoxy) is 1. The smallest absolute Gasteiger partial charge is 0.119 e. The second-order valence-electron chi connectivity index (χ2n) is 4.17. The lowest BCUT2D eigenvalue weighted by Gasteiger charge is -2.08. The Morgan fingerprint density at radius 1 is 1.28 bits per heavy atom. The maximum Gasteiger partial charge on any atom is 0.119 e. The predicted molar refractivity (Wildman–Crippen MR) is 69.4 cm³/mol. The van der Waals surface area contributed by atoms with Crippen molar-refractivity contribution in [2.45, 2.75) is 26.5 Å². The summed E-state index contributed by atoms with van der Waals surface area (Å²) < 4.78 is 7.74. The quantitative estimate of drug-likeness (QED) is 0.794. The van der Waals surface area contributed by atoms with E-state index in [4.69, 9.17) is 9.84 Å². The van der Waals surface area contributed by atoms with E-state index < -0.39 is 0 Å². The van der Waals surface area contributed by atoms with Crippen molar-refractivity contribution >= 4 is 0 Å². The molecule has 0 fully saturated rings. The zero-order valence-electron chi connectivity index (χ0n) is 10.5. The summed E-state index contributed by atoms with van der Waals surface area (Å²) in [5.74, 6) is 1.87. The first-order chi connectivity index (χ1) is 8.79. The van der Waals surface area contributed by atoms with Gasteiger partial charge in [0.15, 0.2) is 0 Å². The van der Waals surface area contributed by atoms with Crippen LogP contribution in [0.1, 0.15) is 17.8 Å². The van der Waals surface area contributed by atoms with Crippen LogP contribution in [0.5, 0.6) is 5.75 Å². The molecule has 0 atom stereocenters. The molecule has 0 aliphatic rings. The van der Waals surface area contributed by atoms with Gasteiger partial charge in [0.1, 0.15) is 11.6 Å². The Balaban J connectivity index is 1.73. The summed E-state index contributed by atoms with van der Waals surface area (Å²) in [7, 11) is 0. The van der Waals surface area contributed by atoms with Gasteiger partial charge in [0.25, 0.3) is 0 Å². The highest BCUT2D eigenvalue weighted by Crippen LogP contribution is 2.12. The van der Waals surface area contributed by atoms with Gasteiger partial charge >= 0.3 is 0 Å². The molecule has 4 heteroatoms. The molecule has 2 aromatic rings. The van der Waals surface area contributed by atoms with Crippen molar-refractivity contribution in [2.75, 3.05) is 6.61 Å². The molecule has 96 valence electrons. The van der Waals surface area contributed by atoms with Crippen molar-refractivity contribution < 1.29 is 9.84 Å². The summed E-state index contributed by atoms with van der Waals surface area (Å²) in [6.45, 7) is 3.66. The molecule has 0 spiro atoms. The second kappa shape index (κ2) is 6.21. The second-order valence-corrected chi connectivity index (χ2v) is 4.17. The van der Waals surface area contributed by atoms with E-state index in [9.17, 15) is 0 Å². The van der Waals surface area contributed by atoms with Crippen molar-refractivity contribution in [1.29, 1.82) is 0 Å². The van der Waals surface area contributed by atoms with E-state index in [0.717, 1.165) is 30.1 Å². The molecular formula is C14H18N2O2. The van der Waals surface area contributed by atoms with Crippen LogP contribution in [0, 0.1) is 6.92 Å². The zero-order valence-corrected chi connectivity index (χ0v) is 10.5. The summed E-state index contributed by atoms with van der Waals surface area (Å²) in [5.41, 5.74) is 0.899. The van der Waals surface area contributed by atoms with Gasteiger partial charge in [-0.15, -0.1) is 0 Å². The zero-order chi connectivity index (χ0) is 12.8. The summed E-state index contributed by atoms with van der Waals surface area (Å²) >= 11 is 0. The number of rotatable bonds is 6. The highest BCUT2D eigenvalue weighted by atomic mass is 16.5. The molecule has 1 heterocycles. The molecule has 0 radical (unpaired) electrons.